The molecule has 4 atom stereocenters. The van der Waals surface area contributed by atoms with Gasteiger partial charge in [0.05, 0.1) is 13.2 Å². The first kappa shape index (κ1) is 11.4. The summed E-state index contributed by atoms with van der Waals surface area (Å²) in [4.78, 5) is 2.63. The number of nitrogens with two attached hydrogens (primary N) is 1. The number of nitrogens with zero attached hydrogens (tertiary/aromatic N) is 1. The van der Waals surface area contributed by atoms with E-state index >= 15 is 0 Å². The second-order valence-corrected chi connectivity index (χ2v) is 5.29. The summed E-state index contributed by atoms with van der Waals surface area (Å²) in [6, 6.07) is 1.70. The molecule has 0 bridgehead atoms. The molecular weight excluding hydrogens is 188 g/mol. The lowest BCUT2D eigenvalue weighted by Crippen LogP contribution is -2.48. The number of hydrogen-bond acceptors (Lipinski definition) is 3. The maximum Gasteiger partial charge on any atom is 0.0621 e. The van der Waals surface area contributed by atoms with Crippen LogP contribution in [-0.4, -0.2) is 42.8 Å². The van der Waals surface area contributed by atoms with Crippen molar-refractivity contribution in [2.75, 3.05) is 19.8 Å². The average molecular weight is 212 g/mol. The third kappa shape index (κ3) is 2.52. The number of ether oxygens (including phenoxy) is 1. The van der Waals surface area contributed by atoms with Crippen LogP contribution in [0.1, 0.15) is 33.1 Å². The van der Waals surface area contributed by atoms with E-state index in [1.807, 2.05) is 0 Å². The first-order valence-corrected chi connectivity index (χ1v) is 6.27. The van der Waals surface area contributed by atoms with E-state index < -0.39 is 0 Å². The van der Waals surface area contributed by atoms with Crippen molar-refractivity contribution in [2.45, 2.75) is 51.2 Å². The van der Waals surface area contributed by atoms with E-state index in [2.05, 4.69) is 18.7 Å². The minimum atomic E-state index is 0.256. The van der Waals surface area contributed by atoms with Crippen molar-refractivity contribution in [3.63, 3.8) is 0 Å². The zero-order valence-corrected chi connectivity index (χ0v) is 9.98. The van der Waals surface area contributed by atoms with Gasteiger partial charge in [0, 0.05) is 30.6 Å². The van der Waals surface area contributed by atoms with Crippen molar-refractivity contribution < 1.29 is 4.74 Å². The Labute approximate surface area is 93.0 Å². The topological polar surface area (TPSA) is 38.5 Å². The van der Waals surface area contributed by atoms with Crippen LogP contribution in [0.15, 0.2) is 0 Å². The van der Waals surface area contributed by atoms with E-state index in [9.17, 15) is 0 Å². The third-order valence-electron chi connectivity index (χ3n) is 4.07. The molecule has 2 heterocycles. The zero-order chi connectivity index (χ0) is 10.8. The first-order valence-electron chi connectivity index (χ1n) is 6.27. The smallest absolute Gasteiger partial charge is 0.0621 e. The van der Waals surface area contributed by atoms with E-state index in [0.717, 1.165) is 31.8 Å². The Morgan fingerprint density at radius 2 is 1.87 bits per heavy atom. The molecule has 2 rings (SSSR count). The maximum atomic E-state index is 6.04. The van der Waals surface area contributed by atoms with Crippen LogP contribution < -0.4 is 5.73 Å². The van der Waals surface area contributed by atoms with Crippen LogP contribution in [0.3, 0.4) is 0 Å². The second-order valence-electron chi connectivity index (χ2n) is 5.29. The van der Waals surface area contributed by atoms with Crippen molar-refractivity contribution in [1.82, 2.24) is 4.90 Å². The molecule has 2 fully saturated rings. The van der Waals surface area contributed by atoms with Crippen molar-refractivity contribution in [1.29, 1.82) is 0 Å². The summed E-state index contributed by atoms with van der Waals surface area (Å²) in [7, 11) is 0. The number of likely N-dealkylation sites (tertiary alicyclic amines) is 1. The van der Waals surface area contributed by atoms with Gasteiger partial charge >= 0.3 is 0 Å². The molecule has 4 unspecified atom stereocenters. The van der Waals surface area contributed by atoms with Gasteiger partial charge < -0.3 is 10.5 Å². The van der Waals surface area contributed by atoms with Crippen molar-refractivity contribution >= 4 is 0 Å². The lowest BCUT2D eigenvalue weighted by molar-refractivity contribution is 0.0775. The highest BCUT2D eigenvalue weighted by molar-refractivity contribution is 4.86. The van der Waals surface area contributed by atoms with E-state index in [1.54, 1.807) is 0 Å². The molecule has 15 heavy (non-hydrogen) atoms. The summed E-state index contributed by atoms with van der Waals surface area (Å²) in [6.07, 6.45) is 4.06. The van der Waals surface area contributed by atoms with Gasteiger partial charge in [-0.3, -0.25) is 4.90 Å². The quantitative estimate of drug-likeness (QED) is 0.748. The molecule has 0 radical (unpaired) electrons. The first-order chi connectivity index (χ1) is 7.18. The molecule has 2 aliphatic rings. The monoisotopic (exact) mass is 212 g/mol. The molecular formula is C12H24N2O. The van der Waals surface area contributed by atoms with Crippen LogP contribution in [0.25, 0.3) is 0 Å². The Morgan fingerprint density at radius 3 is 2.40 bits per heavy atom. The van der Waals surface area contributed by atoms with Crippen LogP contribution in [0.4, 0.5) is 0 Å². The van der Waals surface area contributed by atoms with Gasteiger partial charge in [-0.1, -0.05) is 6.42 Å². The summed E-state index contributed by atoms with van der Waals surface area (Å²) in [6.45, 7) is 7.43. The van der Waals surface area contributed by atoms with Gasteiger partial charge in [0.1, 0.15) is 0 Å². The normalized spacial score (nSPS) is 43.4. The Bertz CT molecular complexity index is 200. The number of rotatable bonds is 2. The number of hydrogen-bond donors (Lipinski definition) is 1. The molecule has 88 valence electrons. The Balaban J connectivity index is 1.90. The standard InChI is InChI=1S/C12H24N2O/c1-9-4-3-5-10(2)14(9)6-11-7-15-8-12(11)13/h9-12H,3-8,13H2,1-2H3. The minimum absolute atomic E-state index is 0.256. The lowest BCUT2D eigenvalue weighted by Gasteiger charge is -2.40. The summed E-state index contributed by atoms with van der Waals surface area (Å²) in [5, 5.41) is 0. The molecule has 3 nitrogen and oxygen atoms in total. The summed E-state index contributed by atoms with van der Waals surface area (Å²) in [5.41, 5.74) is 6.04. The molecule has 0 aromatic carbocycles. The molecule has 0 aromatic heterocycles. The molecule has 0 aromatic rings. The summed E-state index contributed by atoms with van der Waals surface area (Å²) >= 11 is 0. The molecule has 2 N–H and O–H groups in total. The molecule has 0 spiro atoms. The zero-order valence-electron chi connectivity index (χ0n) is 9.98. The Kier molecular flexibility index (Phi) is 3.65. The van der Waals surface area contributed by atoms with Crippen molar-refractivity contribution in [3.05, 3.63) is 0 Å². The van der Waals surface area contributed by atoms with Gasteiger partial charge in [-0.2, -0.15) is 0 Å². The third-order valence-corrected chi connectivity index (χ3v) is 4.07. The van der Waals surface area contributed by atoms with Gasteiger partial charge in [0.15, 0.2) is 0 Å². The predicted molar refractivity (Wildman–Crippen MR) is 61.8 cm³/mol. The highest BCUT2D eigenvalue weighted by Gasteiger charge is 2.31. The van der Waals surface area contributed by atoms with Crippen LogP contribution in [0.2, 0.25) is 0 Å². The fraction of sp³-hybridized carbons (Fsp3) is 1.00. The summed E-state index contributed by atoms with van der Waals surface area (Å²) in [5.74, 6) is 0.549. The van der Waals surface area contributed by atoms with Gasteiger partial charge in [0.2, 0.25) is 0 Å². The van der Waals surface area contributed by atoms with Crippen LogP contribution in [0.5, 0.6) is 0 Å². The van der Waals surface area contributed by atoms with Gasteiger partial charge in [-0.25, -0.2) is 0 Å². The second kappa shape index (κ2) is 4.81. The average Bonchev–Trinajstić information content (AvgIpc) is 2.58. The minimum Gasteiger partial charge on any atom is -0.379 e. The van der Waals surface area contributed by atoms with E-state index in [-0.39, 0.29) is 6.04 Å². The molecule has 3 heteroatoms. The maximum absolute atomic E-state index is 6.04. The highest BCUT2D eigenvalue weighted by Crippen LogP contribution is 2.25. The lowest BCUT2D eigenvalue weighted by atomic mass is 9.94. The molecule has 2 saturated heterocycles. The van der Waals surface area contributed by atoms with Gasteiger partial charge in [-0.15, -0.1) is 0 Å². The molecule has 2 aliphatic heterocycles. The van der Waals surface area contributed by atoms with E-state index in [1.165, 1.54) is 19.3 Å². The predicted octanol–water partition coefficient (Wildman–Crippen LogP) is 1.22. The van der Waals surface area contributed by atoms with Crippen LogP contribution in [-0.2, 0) is 4.74 Å². The molecule has 0 amide bonds. The Hall–Kier alpha value is -0.120. The molecule has 0 saturated carbocycles. The SMILES string of the molecule is CC1CCCC(C)N1CC1COCC1N. The van der Waals surface area contributed by atoms with Crippen molar-refractivity contribution in [2.24, 2.45) is 11.7 Å². The van der Waals surface area contributed by atoms with E-state index in [4.69, 9.17) is 10.5 Å². The fourth-order valence-corrected chi connectivity index (χ4v) is 2.91. The highest BCUT2D eigenvalue weighted by atomic mass is 16.5. The van der Waals surface area contributed by atoms with Crippen LogP contribution in [0, 0.1) is 5.92 Å². The van der Waals surface area contributed by atoms with E-state index in [0.29, 0.717) is 5.92 Å². The molecule has 0 aliphatic carbocycles. The fourth-order valence-electron chi connectivity index (χ4n) is 2.91. The Morgan fingerprint density at radius 1 is 1.20 bits per heavy atom. The van der Waals surface area contributed by atoms with Gasteiger partial charge in [-0.05, 0) is 26.7 Å². The van der Waals surface area contributed by atoms with Crippen molar-refractivity contribution in [3.8, 4) is 0 Å². The largest absolute Gasteiger partial charge is 0.379 e. The number of piperidine rings is 1. The van der Waals surface area contributed by atoms with Gasteiger partial charge in [0.25, 0.3) is 0 Å². The summed E-state index contributed by atoms with van der Waals surface area (Å²) < 4.78 is 5.43. The van der Waals surface area contributed by atoms with Crippen LogP contribution >= 0.6 is 0 Å².